The molecule has 3 heterocycles. The molecular weight excluding hydrogens is 320 g/mol. The monoisotopic (exact) mass is 338 g/mol. The Labute approximate surface area is 151 Å². The maximum absolute atomic E-state index is 4.71. The largest absolute Gasteiger partial charge is 0.329 e. The fraction of sp³-hybridized carbons (Fsp3) is 0.0909. The van der Waals surface area contributed by atoms with Crippen LogP contribution in [0.5, 0.6) is 0 Å². The van der Waals surface area contributed by atoms with Gasteiger partial charge < -0.3 is 9.30 Å². The minimum Gasteiger partial charge on any atom is -0.329 e. The lowest BCUT2D eigenvalue weighted by molar-refractivity contribution is 1.05. The first-order valence-electron chi connectivity index (χ1n) is 8.68. The topological polar surface area (TPSA) is 33.4 Å². The zero-order chi connectivity index (χ0) is 17.7. The van der Waals surface area contributed by atoms with Crippen molar-refractivity contribution < 1.29 is 0 Å². The summed E-state index contributed by atoms with van der Waals surface area (Å²) in [7, 11) is 2.06. The first-order valence-corrected chi connectivity index (χ1v) is 8.68. The van der Waals surface area contributed by atoms with Crippen LogP contribution in [0.3, 0.4) is 0 Å². The Bertz CT molecular complexity index is 1270. The highest BCUT2D eigenvalue weighted by atomic mass is 15.2. The van der Waals surface area contributed by atoms with Crippen LogP contribution in [0, 0.1) is 6.92 Å². The molecular formula is C22H18N4. The van der Waals surface area contributed by atoms with Gasteiger partial charge in [-0.05, 0) is 55.5 Å². The number of anilines is 2. The fourth-order valence-corrected chi connectivity index (χ4v) is 3.59. The summed E-state index contributed by atoms with van der Waals surface area (Å²) in [6.07, 6.45) is 2.10. The molecule has 0 saturated heterocycles. The first-order chi connectivity index (χ1) is 12.7. The second-order valence-electron chi connectivity index (χ2n) is 6.55. The van der Waals surface area contributed by atoms with Crippen molar-refractivity contribution >= 4 is 38.8 Å². The van der Waals surface area contributed by atoms with Gasteiger partial charge in [-0.3, -0.25) is 0 Å². The highest BCUT2D eigenvalue weighted by Crippen LogP contribution is 2.31. The molecule has 0 spiro atoms. The highest BCUT2D eigenvalue weighted by Gasteiger charge is 2.13. The van der Waals surface area contributed by atoms with Gasteiger partial charge in [-0.25, -0.2) is 9.97 Å². The SMILES string of the molecule is Cc1nc(N(C)c2ccc3c(c2)cc2ccccn23)c2ccccc2n1. The molecule has 0 bridgehead atoms. The van der Waals surface area contributed by atoms with Gasteiger partial charge in [0.05, 0.1) is 11.0 Å². The van der Waals surface area contributed by atoms with Crippen molar-refractivity contribution in [2.75, 3.05) is 11.9 Å². The van der Waals surface area contributed by atoms with Gasteiger partial charge in [-0.1, -0.05) is 18.2 Å². The lowest BCUT2D eigenvalue weighted by atomic mass is 10.2. The van der Waals surface area contributed by atoms with E-state index in [1.807, 2.05) is 25.1 Å². The van der Waals surface area contributed by atoms with Crippen molar-refractivity contribution in [1.82, 2.24) is 14.4 Å². The summed E-state index contributed by atoms with van der Waals surface area (Å²) in [4.78, 5) is 11.4. The number of hydrogen-bond donors (Lipinski definition) is 0. The zero-order valence-electron chi connectivity index (χ0n) is 14.7. The molecule has 0 aliphatic carbocycles. The minimum absolute atomic E-state index is 0.779. The normalized spacial score (nSPS) is 11.5. The molecule has 0 aliphatic rings. The Kier molecular flexibility index (Phi) is 3.19. The van der Waals surface area contributed by atoms with Gasteiger partial charge in [0.15, 0.2) is 0 Å². The van der Waals surface area contributed by atoms with Crippen LogP contribution in [-0.4, -0.2) is 21.4 Å². The number of aryl methyl sites for hydroxylation is 1. The van der Waals surface area contributed by atoms with Gasteiger partial charge in [0, 0.05) is 35.2 Å². The molecule has 26 heavy (non-hydrogen) atoms. The molecule has 0 fully saturated rings. The van der Waals surface area contributed by atoms with Crippen LogP contribution in [0.25, 0.3) is 27.3 Å². The van der Waals surface area contributed by atoms with Crippen molar-refractivity contribution in [2.45, 2.75) is 6.92 Å². The molecule has 0 N–H and O–H groups in total. The minimum atomic E-state index is 0.779. The van der Waals surface area contributed by atoms with Crippen molar-refractivity contribution in [3.05, 3.63) is 78.8 Å². The maximum atomic E-state index is 4.71. The van der Waals surface area contributed by atoms with Gasteiger partial charge >= 0.3 is 0 Å². The van der Waals surface area contributed by atoms with E-state index >= 15 is 0 Å². The number of rotatable bonds is 2. The summed E-state index contributed by atoms with van der Waals surface area (Å²) in [5, 5.41) is 2.28. The summed E-state index contributed by atoms with van der Waals surface area (Å²) >= 11 is 0. The molecule has 0 unspecified atom stereocenters. The van der Waals surface area contributed by atoms with E-state index in [1.165, 1.54) is 16.4 Å². The van der Waals surface area contributed by atoms with E-state index in [0.717, 1.165) is 28.2 Å². The van der Waals surface area contributed by atoms with E-state index < -0.39 is 0 Å². The lowest BCUT2D eigenvalue weighted by Gasteiger charge is -2.20. The van der Waals surface area contributed by atoms with Crippen molar-refractivity contribution in [3.63, 3.8) is 0 Å². The number of hydrogen-bond acceptors (Lipinski definition) is 3. The van der Waals surface area contributed by atoms with Crippen LogP contribution in [0.4, 0.5) is 11.5 Å². The quantitative estimate of drug-likeness (QED) is 0.448. The predicted molar refractivity (Wildman–Crippen MR) is 107 cm³/mol. The van der Waals surface area contributed by atoms with Gasteiger partial charge in [-0.2, -0.15) is 0 Å². The second-order valence-corrected chi connectivity index (χ2v) is 6.55. The number of aromatic nitrogens is 3. The smallest absolute Gasteiger partial charge is 0.144 e. The van der Waals surface area contributed by atoms with E-state index in [9.17, 15) is 0 Å². The van der Waals surface area contributed by atoms with E-state index in [-0.39, 0.29) is 0 Å². The Morgan fingerprint density at radius 2 is 1.73 bits per heavy atom. The third-order valence-electron chi connectivity index (χ3n) is 4.87. The summed E-state index contributed by atoms with van der Waals surface area (Å²) in [5.41, 5.74) is 4.49. The van der Waals surface area contributed by atoms with Crippen LogP contribution in [-0.2, 0) is 0 Å². The van der Waals surface area contributed by atoms with E-state index in [2.05, 4.69) is 76.1 Å². The van der Waals surface area contributed by atoms with Crippen LogP contribution >= 0.6 is 0 Å². The Balaban J connectivity index is 1.69. The molecule has 0 atom stereocenters. The van der Waals surface area contributed by atoms with Crippen molar-refractivity contribution in [3.8, 4) is 0 Å². The third kappa shape index (κ3) is 2.23. The van der Waals surface area contributed by atoms with Crippen molar-refractivity contribution in [1.29, 1.82) is 0 Å². The molecule has 0 amide bonds. The third-order valence-corrected chi connectivity index (χ3v) is 4.87. The summed E-state index contributed by atoms with van der Waals surface area (Å²) in [6, 6.07) is 23.2. The van der Waals surface area contributed by atoms with Crippen molar-refractivity contribution in [2.24, 2.45) is 0 Å². The van der Waals surface area contributed by atoms with Gasteiger partial charge in [0.2, 0.25) is 0 Å². The average Bonchev–Trinajstić information content (AvgIpc) is 3.04. The number of pyridine rings is 1. The van der Waals surface area contributed by atoms with E-state index in [1.54, 1.807) is 0 Å². The number of para-hydroxylation sites is 1. The molecule has 3 aromatic heterocycles. The number of nitrogens with zero attached hydrogens (tertiary/aromatic N) is 4. The fourth-order valence-electron chi connectivity index (χ4n) is 3.59. The van der Waals surface area contributed by atoms with Crippen LogP contribution < -0.4 is 4.90 Å². The van der Waals surface area contributed by atoms with E-state index in [0.29, 0.717) is 0 Å². The Morgan fingerprint density at radius 3 is 2.65 bits per heavy atom. The van der Waals surface area contributed by atoms with Gasteiger partial charge in [0.25, 0.3) is 0 Å². The maximum Gasteiger partial charge on any atom is 0.144 e. The van der Waals surface area contributed by atoms with Crippen LogP contribution in [0.1, 0.15) is 5.82 Å². The first kappa shape index (κ1) is 14.9. The average molecular weight is 338 g/mol. The lowest BCUT2D eigenvalue weighted by Crippen LogP contribution is -2.12. The molecule has 4 heteroatoms. The molecule has 0 radical (unpaired) electrons. The van der Waals surface area contributed by atoms with Gasteiger partial charge in [-0.15, -0.1) is 0 Å². The molecule has 0 saturated carbocycles. The zero-order valence-corrected chi connectivity index (χ0v) is 14.7. The summed E-state index contributed by atoms with van der Waals surface area (Å²) in [6.45, 7) is 1.94. The van der Waals surface area contributed by atoms with Crippen LogP contribution in [0.15, 0.2) is 72.9 Å². The molecule has 2 aromatic carbocycles. The molecule has 5 rings (SSSR count). The number of fused-ring (bicyclic) bond motifs is 4. The Hall–Kier alpha value is -3.40. The predicted octanol–water partition coefficient (Wildman–Crippen LogP) is 5.11. The Morgan fingerprint density at radius 1 is 0.885 bits per heavy atom. The van der Waals surface area contributed by atoms with Gasteiger partial charge in [0.1, 0.15) is 11.6 Å². The molecule has 126 valence electrons. The van der Waals surface area contributed by atoms with Crippen LogP contribution in [0.2, 0.25) is 0 Å². The van der Waals surface area contributed by atoms with E-state index in [4.69, 9.17) is 4.98 Å². The summed E-state index contributed by atoms with van der Waals surface area (Å²) < 4.78 is 2.21. The molecule has 4 nitrogen and oxygen atoms in total. The molecule has 5 aromatic rings. The number of benzene rings is 2. The highest BCUT2D eigenvalue weighted by molar-refractivity contribution is 5.94. The summed E-state index contributed by atoms with van der Waals surface area (Å²) in [5.74, 6) is 1.71. The standard InChI is InChI=1S/C22H18N4/c1-15-23-20-9-4-3-8-19(20)22(24-15)25(2)17-10-11-21-16(13-17)14-18-7-5-6-12-26(18)21/h3-14H,1-2H3. The molecule has 0 aliphatic heterocycles. The second kappa shape index (κ2) is 5.56.